The molecule has 0 saturated carbocycles. The van der Waals surface area contributed by atoms with Crippen molar-refractivity contribution >= 4 is 23.5 Å². The van der Waals surface area contributed by atoms with Crippen molar-refractivity contribution in [1.29, 1.82) is 0 Å². The van der Waals surface area contributed by atoms with E-state index in [-0.39, 0.29) is 38.5 Å². The highest BCUT2D eigenvalue weighted by Crippen LogP contribution is 2.37. The van der Waals surface area contributed by atoms with Crippen LogP contribution in [-0.4, -0.2) is 37.6 Å². The van der Waals surface area contributed by atoms with Crippen molar-refractivity contribution in [2.24, 2.45) is 5.41 Å². The van der Waals surface area contributed by atoms with E-state index in [2.05, 4.69) is 0 Å². The van der Waals surface area contributed by atoms with E-state index in [9.17, 15) is 14.4 Å². The SMILES string of the molecule is CCOC(=O)C1(C(=O)OCC)CCN(c2ccccc2)C(=O)C1. The molecular formula is C17H21NO5. The molecule has 1 aliphatic heterocycles. The first kappa shape index (κ1) is 17.0. The lowest BCUT2D eigenvalue weighted by atomic mass is 9.77. The number of amides is 1. The number of esters is 2. The van der Waals surface area contributed by atoms with Crippen molar-refractivity contribution in [1.82, 2.24) is 0 Å². The number of benzene rings is 1. The fourth-order valence-electron chi connectivity index (χ4n) is 2.72. The maximum absolute atomic E-state index is 12.5. The molecule has 1 aromatic carbocycles. The minimum atomic E-state index is -1.53. The molecule has 124 valence electrons. The summed E-state index contributed by atoms with van der Waals surface area (Å²) in [5.74, 6) is -1.65. The number of carbonyl (C=O) groups is 3. The maximum atomic E-state index is 12.5. The quantitative estimate of drug-likeness (QED) is 0.612. The molecule has 1 heterocycles. The van der Waals surface area contributed by atoms with Gasteiger partial charge in [0.25, 0.3) is 0 Å². The van der Waals surface area contributed by atoms with Crippen LogP contribution in [0, 0.1) is 5.41 Å². The minimum Gasteiger partial charge on any atom is -0.465 e. The fraction of sp³-hybridized carbons (Fsp3) is 0.471. The van der Waals surface area contributed by atoms with Crippen LogP contribution in [0.1, 0.15) is 26.7 Å². The van der Waals surface area contributed by atoms with E-state index in [0.717, 1.165) is 5.69 Å². The van der Waals surface area contributed by atoms with Crippen molar-refractivity contribution in [3.05, 3.63) is 30.3 Å². The summed E-state index contributed by atoms with van der Waals surface area (Å²) in [7, 11) is 0. The average Bonchev–Trinajstić information content (AvgIpc) is 2.55. The van der Waals surface area contributed by atoms with E-state index in [1.807, 2.05) is 30.3 Å². The standard InChI is InChI=1S/C17H21NO5/c1-3-22-15(20)17(16(21)23-4-2)10-11-18(14(19)12-17)13-8-6-5-7-9-13/h5-9H,3-4,10-12H2,1-2H3. The lowest BCUT2D eigenvalue weighted by Gasteiger charge is -2.37. The molecule has 1 fully saturated rings. The van der Waals surface area contributed by atoms with Gasteiger partial charge >= 0.3 is 11.9 Å². The highest BCUT2D eigenvalue weighted by Gasteiger charge is 2.53. The van der Waals surface area contributed by atoms with Crippen LogP contribution in [0.15, 0.2) is 30.3 Å². The summed E-state index contributed by atoms with van der Waals surface area (Å²) in [6.07, 6.45) is -0.0507. The first-order valence-corrected chi connectivity index (χ1v) is 7.75. The zero-order valence-corrected chi connectivity index (χ0v) is 13.4. The number of carbonyl (C=O) groups excluding carboxylic acids is 3. The normalized spacial score (nSPS) is 16.8. The highest BCUT2D eigenvalue weighted by atomic mass is 16.6. The Bertz CT molecular complexity index is 566. The van der Waals surface area contributed by atoms with Crippen molar-refractivity contribution in [3.63, 3.8) is 0 Å². The van der Waals surface area contributed by atoms with E-state index in [1.54, 1.807) is 18.7 Å². The molecule has 1 aliphatic rings. The van der Waals surface area contributed by atoms with Gasteiger partial charge in [0, 0.05) is 12.2 Å². The molecule has 0 aliphatic carbocycles. The van der Waals surface area contributed by atoms with Gasteiger partial charge in [-0.2, -0.15) is 0 Å². The van der Waals surface area contributed by atoms with E-state index in [0.29, 0.717) is 0 Å². The summed E-state index contributed by atoms with van der Waals surface area (Å²) in [4.78, 5) is 38.8. The number of hydrogen-bond acceptors (Lipinski definition) is 5. The third-order valence-corrected chi connectivity index (χ3v) is 3.92. The van der Waals surface area contributed by atoms with Crippen molar-refractivity contribution in [2.75, 3.05) is 24.7 Å². The van der Waals surface area contributed by atoms with Gasteiger partial charge in [-0.1, -0.05) is 18.2 Å². The summed E-state index contributed by atoms with van der Waals surface area (Å²) in [6, 6.07) is 9.17. The Kier molecular flexibility index (Phi) is 5.36. The predicted molar refractivity (Wildman–Crippen MR) is 83.7 cm³/mol. The van der Waals surface area contributed by atoms with Crippen LogP contribution >= 0.6 is 0 Å². The number of piperidine rings is 1. The third-order valence-electron chi connectivity index (χ3n) is 3.92. The first-order valence-electron chi connectivity index (χ1n) is 7.75. The molecule has 0 bridgehead atoms. The Hall–Kier alpha value is -2.37. The second-order valence-electron chi connectivity index (χ2n) is 5.33. The number of ether oxygens (including phenoxy) is 2. The van der Waals surface area contributed by atoms with E-state index in [1.165, 1.54) is 0 Å². The highest BCUT2D eigenvalue weighted by molar-refractivity contribution is 6.07. The van der Waals surface area contributed by atoms with E-state index >= 15 is 0 Å². The number of anilines is 1. The second-order valence-corrected chi connectivity index (χ2v) is 5.33. The zero-order chi connectivity index (χ0) is 16.9. The summed E-state index contributed by atoms with van der Waals surface area (Å²) >= 11 is 0. The number of nitrogens with zero attached hydrogens (tertiary/aromatic N) is 1. The number of para-hydroxylation sites is 1. The third kappa shape index (κ3) is 3.36. The van der Waals surface area contributed by atoms with Crippen molar-refractivity contribution in [3.8, 4) is 0 Å². The molecule has 1 amide bonds. The molecular weight excluding hydrogens is 298 g/mol. The van der Waals surface area contributed by atoms with Gasteiger partial charge < -0.3 is 14.4 Å². The van der Waals surface area contributed by atoms with E-state index in [4.69, 9.17) is 9.47 Å². The molecule has 0 radical (unpaired) electrons. The van der Waals surface area contributed by atoms with Crippen LogP contribution < -0.4 is 4.90 Å². The van der Waals surface area contributed by atoms with E-state index < -0.39 is 17.4 Å². The molecule has 0 N–H and O–H groups in total. The van der Waals surface area contributed by atoms with Crippen LogP contribution in [-0.2, 0) is 23.9 Å². The number of hydrogen-bond donors (Lipinski definition) is 0. The Morgan fingerprint density at radius 1 is 1.09 bits per heavy atom. The Morgan fingerprint density at radius 2 is 1.65 bits per heavy atom. The van der Waals surface area contributed by atoms with Crippen LogP contribution in [0.25, 0.3) is 0 Å². The van der Waals surface area contributed by atoms with Crippen molar-refractivity contribution < 1.29 is 23.9 Å². The molecule has 0 aromatic heterocycles. The largest absolute Gasteiger partial charge is 0.465 e. The minimum absolute atomic E-state index is 0.149. The Morgan fingerprint density at radius 3 is 2.13 bits per heavy atom. The monoisotopic (exact) mass is 319 g/mol. The van der Waals surface area contributed by atoms with Crippen molar-refractivity contribution in [2.45, 2.75) is 26.7 Å². The molecule has 0 atom stereocenters. The predicted octanol–water partition coefficient (Wildman–Crippen LogP) is 1.93. The topological polar surface area (TPSA) is 72.9 Å². The Balaban J connectivity index is 2.25. The first-order chi connectivity index (χ1) is 11.0. The van der Waals surface area contributed by atoms with Crippen LogP contribution in [0.2, 0.25) is 0 Å². The van der Waals surface area contributed by atoms with Gasteiger partial charge in [-0.05, 0) is 32.4 Å². The average molecular weight is 319 g/mol. The molecule has 2 rings (SSSR count). The maximum Gasteiger partial charge on any atom is 0.324 e. The fourth-order valence-corrected chi connectivity index (χ4v) is 2.72. The Labute approximate surface area is 135 Å². The summed E-state index contributed by atoms with van der Waals surface area (Å²) < 4.78 is 10.1. The molecule has 6 nitrogen and oxygen atoms in total. The molecule has 23 heavy (non-hydrogen) atoms. The zero-order valence-electron chi connectivity index (χ0n) is 13.4. The van der Waals surface area contributed by atoms with Gasteiger partial charge in [0.05, 0.1) is 19.6 Å². The molecule has 6 heteroatoms. The lowest BCUT2D eigenvalue weighted by Crippen LogP contribution is -2.53. The van der Waals surface area contributed by atoms with Gasteiger partial charge in [0.15, 0.2) is 5.41 Å². The van der Waals surface area contributed by atoms with Crippen LogP contribution in [0.5, 0.6) is 0 Å². The van der Waals surface area contributed by atoms with Crippen LogP contribution in [0.3, 0.4) is 0 Å². The summed E-state index contributed by atoms with van der Waals surface area (Å²) in [5.41, 5.74) is -0.784. The summed E-state index contributed by atoms with van der Waals surface area (Å²) in [5, 5.41) is 0. The van der Waals surface area contributed by atoms with Crippen LogP contribution in [0.4, 0.5) is 5.69 Å². The molecule has 1 aromatic rings. The molecule has 1 saturated heterocycles. The lowest BCUT2D eigenvalue weighted by molar-refractivity contribution is -0.175. The summed E-state index contributed by atoms with van der Waals surface area (Å²) in [6.45, 7) is 3.89. The number of rotatable bonds is 5. The molecule has 0 unspecified atom stereocenters. The molecule has 0 spiro atoms. The second kappa shape index (κ2) is 7.26. The smallest absolute Gasteiger partial charge is 0.324 e. The van der Waals surface area contributed by atoms with Gasteiger partial charge in [-0.3, -0.25) is 14.4 Å². The van der Waals surface area contributed by atoms with Gasteiger partial charge in [-0.25, -0.2) is 0 Å². The van der Waals surface area contributed by atoms with Gasteiger partial charge in [0.2, 0.25) is 5.91 Å². The van der Waals surface area contributed by atoms with Gasteiger partial charge in [0.1, 0.15) is 0 Å². The van der Waals surface area contributed by atoms with Gasteiger partial charge in [-0.15, -0.1) is 0 Å².